The third-order valence-electron chi connectivity index (χ3n) is 2.68. The first-order chi connectivity index (χ1) is 9.54. The molecule has 0 aromatic heterocycles. The highest BCUT2D eigenvalue weighted by molar-refractivity contribution is 5.98. The van der Waals surface area contributed by atoms with Gasteiger partial charge in [0.1, 0.15) is 12.4 Å². The number of oxime groups is 1. The number of hydrogen-bond donors (Lipinski definition) is 1. The van der Waals surface area contributed by atoms with Gasteiger partial charge >= 0.3 is 0 Å². The number of Topliss-reactive ketones (excluding diaryl/α,β-unsaturated/α-hetero) is 1. The Hall–Kier alpha value is -1.68. The van der Waals surface area contributed by atoms with Crippen LogP contribution in [0.25, 0.3) is 0 Å². The fourth-order valence-electron chi connectivity index (χ4n) is 1.49. The van der Waals surface area contributed by atoms with Crippen molar-refractivity contribution in [2.24, 2.45) is 10.9 Å². The molecule has 0 fully saturated rings. The lowest BCUT2D eigenvalue weighted by Gasteiger charge is -2.08. The van der Waals surface area contributed by atoms with Crippen LogP contribution in [0.2, 0.25) is 0 Å². The first kappa shape index (κ1) is 18.3. The van der Waals surface area contributed by atoms with Crippen LogP contribution in [-0.2, 0) is 16.1 Å². The molecular formula is C16H26N2O2. The summed E-state index contributed by atoms with van der Waals surface area (Å²) in [7, 11) is 0. The van der Waals surface area contributed by atoms with Crippen LogP contribution in [0.15, 0.2) is 29.4 Å². The zero-order chi connectivity index (χ0) is 15.5. The van der Waals surface area contributed by atoms with Gasteiger partial charge in [0.05, 0.1) is 11.8 Å². The van der Waals surface area contributed by atoms with Crippen LogP contribution in [0.1, 0.15) is 45.7 Å². The largest absolute Gasteiger partial charge is 0.396 e. The number of nitrogens with two attached hydrogens (primary N) is 1. The summed E-state index contributed by atoms with van der Waals surface area (Å²) in [6.45, 7) is 9.86. The molecular weight excluding hydrogens is 252 g/mol. The van der Waals surface area contributed by atoms with Gasteiger partial charge < -0.3 is 10.6 Å². The van der Waals surface area contributed by atoms with Crippen LogP contribution < -0.4 is 5.73 Å². The van der Waals surface area contributed by atoms with E-state index >= 15 is 0 Å². The fraction of sp³-hybridized carbons (Fsp3) is 0.500. The number of hydrogen-bond acceptors (Lipinski definition) is 4. The minimum Gasteiger partial charge on any atom is -0.396 e. The molecule has 0 aliphatic heterocycles. The van der Waals surface area contributed by atoms with E-state index in [4.69, 9.17) is 10.6 Å². The molecule has 0 heterocycles. The molecule has 1 atom stereocenters. The normalized spacial score (nSPS) is 12.2. The predicted molar refractivity (Wildman–Crippen MR) is 84.0 cm³/mol. The van der Waals surface area contributed by atoms with Crippen molar-refractivity contribution in [3.8, 4) is 0 Å². The van der Waals surface area contributed by atoms with Crippen LogP contribution in [0.3, 0.4) is 0 Å². The maximum Gasteiger partial charge on any atom is 0.146 e. The van der Waals surface area contributed by atoms with E-state index in [-0.39, 0.29) is 5.78 Å². The molecule has 0 aliphatic carbocycles. The van der Waals surface area contributed by atoms with Gasteiger partial charge in [-0.1, -0.05) is 43.3 Å². The summed E-state index contributed by atoms with van der Waals surface area (Å²) in [4.78, 5) is 16.1. The summed E-state index contributed by atoms with van der Waals surface area (Å²) in [6.07, 6.45) is 0.567. The van der Waals surface area contributed by atoms with E-state index in [0.717, 1.165) is 16.8 Å². The highest BCUT2D eigenvalue weighted by Gasteiger charge is 2.09. The summed E-state index contributed by atoms with van der Waals surface area (Å²) in [5.74, 6) is 0.00756. The Bertz CT molecular complexity index is 425. The number of rotatable bonds is 6. The van der Waals surface area contributed by atoms with E-state index in [0.29, 0.717) is 13.0 Å². The van der Waals surface area contributed by atoms with E-state index in [1.807, 2.05) is 52.0 Å². The number of nitrogens with zero attached hydrogens (tertiary/aromatic N) is 1. The number of carbonyl (C=O) groups is 1. The average Bonchev–Trinajstić information content (AvgIpc) is 2.47. The number of ketones is 1. The van der Waals surface area contributed by atoms with Crippen LogP contribution in [-0.4, -0.2) is 24.1 Å². The van der Waals surface area contributed by atoms with Crippen molar-refractivity contribution in [3.05, 3.63) is 35.4 Å². The summed E-state index contributed by atoms with van der Waals surface area (Å²) in [5.41, 5.74) is 8.60. The lowest BCUT2D eigenvalue weighted by molar-refractivity contribution is -0.118. The number of benzene rings is 1. The van der Waals surface area contributed by atoms with Crippen LogP contribution >= 0.6 is 0 Å². The Morgan fingerprint density at radius 1 is 1.25 bits per heavy atom. The lowest BCUT2D eigenvalue weighted by Crippen LogP contribution is -2.30. The highest BCUT2D eigenvalue weighted by atomic mass is 16.6. The second kappa shape index (κ2) is 10.1. The summed E-state index contributed by atoms with van der Waals surface area (Å²) < 4.78 is 0. The van der Waals surface area contributed by atoms with Gasteiger partial charge in [0.15, 0.2) is 0 Å². The smallest absolute Gasteiger partial charge is 0.146 e. The zero-order valence-electron chi connectivity index (χ0n) is 13.1. The van der Waals surface area contributed by atoms with Crippen LogP contribution in [0, 0.1) is 0 Å². The van der Waals surface area contributed by atoms with Crippen molar-refractivity contribution in [2.75, 3.05) is 6.61 Å². The second-order valence-electron chi connectivity index (χ2n) is 4.21. The molecule has 1 rings (SSSR count). The molecule has 1 aromatic carbocycles. The van der Waals surface area contributed by atoms with E-state index < -0.39 is 6.04 Å². The predicted octanol–water partition coefficient (Wildman–Crippen LogP) is 2.93. The zero-order valence-corrected chi connectivity index (χ0v) is 13.1. The summed E-state index contributed by atoms with van der Waals surface area (Å²) in [5, 5.41) is 3.97. The van der Waals surface area contributed by atoms with Crippen molar-refractivity contribution in [3.63, 3.8) is 0 Å². The molecule has 0 bridgehead atoms. The SMILES string of the molecule is CC.CCO/N=C(/C)c1ccc(CC(N)C(C)=O)cc1. The van der Waals surface area contributed by atoms with E-state index in [9.17, 15) is 4.79 Å². The molecule has 1 unspecified atom stereocenters. The standard InChI is InChI=1S/C14H20N2O2.C2H6/c1-4-18-16-10(2)13-7-5-12(6-8-13)9-14(15)11(3)17;1-2/h5-8,14H,4,9,15H2,1-3H3;1-2H3/b16-10-;. The minimum atomic E-state index is -0.422. The monoisotopic (exact) mass is 278 g/mol. The Morgan fingerprint density at radius 3 is 2.25 bits per heavy atom. The van der Waals surface area contributed by atoms with Gasteiger partial charge in [-0.15, -0.1) is 0 Å². The molecule has 0 amide bonds. The Labute approximate surface area is 122 Å². The number of carbonyl (C=O) groups excluding carboxylic acids is 1. The molecule has 4 heteroatoms. The summed E-state index contributed by atoms with van der Waals surface area (Å²) >= 11 is 0. The second-order valence-corrected chi connectivity index (χ2v) is 4.21. The van der Waals surface area contributed by atoms with E-state index in [1.54, 1.807) is 0 Å². The molecule has 0 saturated heterocycles. The van der Waals surface area contributed by atoms with Crippen molar-refractivity contribution in [1.82, 2.24) is 0 Å². The van der Waals surface area contributed by atoms with Gasteiger partial charge in [-0.05, 0) is 38.3 Å². The van der Waals surface area contributed by atoms with Gasteiger partial charge in [-0.3, -0.25) is 4.79 Å². The molecule has 112 valence electrons. The topological polar surface area (TPSA) is 64.7 Å². The summed E-state index contributed by atoms with van der Waals surface area (Å²) in [6, 6.07) is 7.42. The Kier molecular flexibility index (Phi) is 9.30. The highest BCUT2D eigenvalue weighted by Crippen LogP contribution is 2.08. The van der Waals surface area contributed by atoms with E-state index in [1.165, 1.54) is 6.92 Å². The molecule has 0 spiro atoms. The maximum absolute atomic E-state index is 11.1. The van der Waals surface area contributed by atoms with Gasteiger partial charge in [0, 0.05) is 0 Å². The van der Waals surface area contributed by atoms with Gasteiger partial charge in [0.25, 0.3) is 0 Å². The first-order valence-corrected chi connectivity index (χ1v) is 7.06. The average molecular weight is 278 g/mol. The van der Waals surface area contributed by atoms with Crippen molar-refractivity contribution in [2.45, 2.75) is 47.1 Å². The quantitative estimate of drug-likeness (QED) is 0.642. The van der Waals surface area contributed by atoms with Crippen LogP contribution in [0.4, 0.5) is 0 Å². The molecule has 2 N–H and O–H groups in total. The molecule has 0 radical (unpaired) electrons. The Morgan fingerprint density at radius 2 is 1.80 bits per heavy atom. The third kappa shape index (κ3) is 6.48. The minimum absolute atomic E-state index is 0.00756. The van der Waals surface area contributed by atoms with Crippen LogP contribution in [0.5, 0.6) is 0 Å². The molecule has 4 nitrogen and oxygen atoms in total. The lowest BCUT2D eigenvalue weighted by atomic mass is 10.0. The van der Waals surface area contributed by atoms with Gasteiger partial charge in [-0.2, -0.15) is 0 Å². The molecule has 0 saturated carbocycles. The molecule has 20 heavy (non-hydrogen) atoms. The van der Waals surface area contributed by atoms with Crippen molar-refractivity contribution < 1.29 is 9.63 Å². The van der Waals surface area contributed by atoms with Crippen molar-refractivity contribution in [1.29, 1.82) is 0 Å². The molecule has 0 aliphatic rings. The molecule has 1 aromatic rings. The third-order valence-corrected chi connectivity index (χ3v) is 2.68. The van der Waals surface area contributed by atoms with Gasteiger partial charge in [0.2, 0.25) is 0 Å². The maximum atomic E-state index is 11.1. The van der Waals surface area contributed by atoms with Crippen molar-refractivity contribution >= 4 is 11.5 Å². The Balaban J connectivity index is 0.00000172. The van der Waals surface area contributed by atoms with Gasteiger partial charge in [-0.25, -0.2) is 0 Å². The fourth-order valence-corrected chi connectivity index (χ4v) is 1.49. The first-order valence-electron chi connectivity index (χ1n) is 7.06. The van der Waals surface area contributed by atoms with E-state index in [2.05, 4.69) is 5.16 Å².